The summed E-state index contributed by atoms with van der Waals surface area (Å²) in [6, 6.07) is 3.83. The number of aryl methyl sites for hydroxylation is 1. The molecule has 14 heavy (non-hydrogen) atoms. The molecule has 0 aromatic carbocycles. The average Bonchev–Trinajstić information content (AvgIpc) is 2.67. The van der Waals surface area contributed by atoms with E-state index in [4.69, 9.17) is 0 Å². The van der Waals surface area contributed by atoms with Crippen LogP contribution in [-0.4, -0.2) is 14.5 Å². The molecule has 2 aromatic heterocycles. The van der Waals surface area contributed by atoms with Gasteiger partial charge in [-0.05, 0) is 12.1 Å². The Balaban J connectivity index is 0.000000379. The SMILES string of the molecule is CC.CC.Cn1cnc2cccnc21. The number of imidazole rings is 1. The fourth-order valence-corrected chi connectivity index (χ4v) is 0.964. The third-order valence-corrected chi connectivity index (χ3v) is 1.47. The topological polar surface area (TPSA) is 30.7 Å². The minimum atomic E-state index is 0.933. The number of hydrogen-bond donors (Lipinski definition) is 0. The second kappa shape index (κ2) is 7.06. The minimum Gasteiger partial charge on any atom is -0.318 e. The van der Waals surface area contributed by atoms with Crippen LogP contribution in [0.4, 0.5) is 0 Å². The normalized spacial score (nSPS) is 8.36. The molecule has 0 N–H and O–H groups in total. The van der Waals surface area contributed by atoms with Crippen LogP contribution in [0, 0.1) is 0 Å². The smallest absolute Gasteiger partial charge is 0.159 e. The molecule has 0 aliphatic heterocycles. The summed E-state index contributed by atoms with van der Waals surface area (Å²) in [5, 5.41) is 0. The van der Waals surface area contributed by atoms with Crippen LogP contribution in [-0.2, 0) is 7.05 Å². The molecule has 0 aliphatic carbocycles. The molecule has 0 spiro atoms. The molecule has 3 nitrogen and oxygen atoms in total. The van der Waals surface area contributed by atoms with Gasteiger partial charge in [-0.25, -0.2) is 9.97 Å². The van der Waals surface area contributed by atoms with E-state index in [2.05, 4.69) is 9.97 Å². The van der Waals surface area contributed by atoms with Gasteiger partial charge in [0.25, 0.3) is 0 Å². The molecule has 0 atom stereocenters. The lowest BCUT2D eigenvalue weighted by molar-refractivity contribution is 0.931. The van der Waals surface area contributed by atoms with E-state index in [1.165, 1.54) is 0 Å². The number of nitrogens with zero attached hydrogens (tertiary/aromatic N) is 3. The Hall–Kier alpha value is -1.38. The van der Waals surface area contributed by atoms with Crippen molar-refractivity contribution < 1.29 is 0 Å². The molecule has 78 valence electrons. The highest BCUT2D eigenvalue weighted by atomic mass is 15.1. The van der Waals surface area contributed by atoms with Crippen LogP contribution in [0.5, 0.6) is 0 Å². The maximum absolute atomic E-state index is 4.14. The van der Waals surface area contributed by atoms with Gasteiger partial charge < -0.3 is 4.57 Å². The largest absolute Gasteiger partial charge is 0.318 e. The van der Waals surface area contributed by atoms with Gasteiger partial charge in [-0.1, -0.05) is 27.7 Å². The third kappa shape index (κ3) is 2.83. The van der Waals surface area contributed by atoms with Crippen LogP contribution in [0.2, 0.25) is 0 Å². The molecule has 0 unspecified atom stereocenters. The zero-order chi connectivity index (χ0) is 11.0. The number of aromatic nitrogens is 3. The molecule has 0 saturated carbocycles. The highest BCUT2D eigenvalue weighted by molar-refractivity contribution is 5.69. The van der Waals surface area contributed by atoms with Gasteiger partial charge >= 0.3 is 0 Å². The van der Waals surface area contributed by atoms with E-state index < -0.39 is 0 Å². The molecule has 2 rings (SSSR count). The van der Waals surface area contributed by atoms with Crippen molar-refractivity contribution in [3.05, 3.63) is 24.7 Å². The molecule has 2 heterocycles. The zero-order valence-corrected chi connectivity index (χ0v) is 9.65. The van der Waals surface area contributed by atoms with Crippen LogP contribution < -0.4 is 0 Å². The van der Waals surface area contributed by atoms with Gasteiger partial charge in [0.2, 0.25) is 0 Å². The Morgan fingerprint density at radius 2 is 1.71 bits per heavy atom. The quantitative estimate of drug-likeness (QED) is 0.644. The first-order valence-corrected chi connectivity index (χ1v) is 5.10. The molecule has 0 saturated heterocycles. The van der Waals surface area contributed by atoms with Crippen molar-refractivity contribution in [2.24, 2.45) is 7.05 Å². The van der Waals surface area contributed by atoms with E-state index in [0.717, 1.165) is 11.2 Å². The Kier molecular flexibility index (Phi) is 6.37. The Bertz CT molecular complexity index is 352. The van der Waals surface area contributed by atoms with Gasteiger partial charge in [0.1, 0.15) is 5.52 Å². The number of rotatable bonds is 0. The summed E-state index contributed by atoms with van der Waals surface area (Å²) >= 11 is 0. The molecular weight excluding hydrogens is 174 g/mol. The summed E-state index contributed by atoms with van der Waals surface area (Å²) in [4.78, 5) is 8.26. The van der Waals surface area contributed by atoms with E-state index in [1.54, 1.807) is 12.5 Å². The minimum absolute atomic E-state index is 0.933. The van der Waals surface area contributed by atoms with Gasteiger partial charge in [-0.15, -0.1) is 0 Å². The van der Waals surface area contributed by atoms with Crippen molar-refractivity contribution >= 4 is 11.2 Å². The Labute approximate surface area is 85.8 Å². The second-order valence-electron chi connectivity index (χ2n) is 2.20. The highest BCUT2D eigenvalue weighted by Gasteiger charge is 1.95. The molecule has 0 fully saturated rings. The van der Waals surface area contributed by atoms with Gasteiger partial charge in [-0.3, -0.25) is 0 Å². The lowest BCUT2D eigenvalue weighted by Gasteiger charge is -1.88. The maximum atomic E-state index is 4.14. The average molecular weight is 193 g/mol. The highest BCUT2D eigenvalue weighted by Crippen LogP contribution is 2.05. The van der Waals surface area contributed by atoms with Gasteiger partial charge in [0.05, 0.1) is 6.33 Å². The molecule has 0 bridgehead atoms. The van der Waals surface area contributed by atoms with E-state index in [9.17, 15) is 0 Å². The van der Waals surface area contributed by atoms with Gasteiger partial charge in [0.15, 0.2) is 5.65 Å². The monoisotopic (exact) mass is 193 g/mol. The van der Waals surface area contributed by atoms with Crippen LogP contribution in [0.1, 0.15) is 27.7 Å². The summed E-state index contributed by atoms with van der Waals surface area (Å²) < 4.78 is 1.90. The summed E-state index contributed by atoms with van der Waals surface area (Å²) in [5.41, 5.74) is 1.88. The molecule has 0 amide bonds. The third-order valence-electron chi connectivity index (χ3n) is 1.47. The number of fused-ring (bicyclic) bond motifs is 1. The van der Waals surface area contributed by atoms with Crippen molar-refractivity contribution in [3.8, 4) is 0 Å². The van der Waals surface area contributed by atoms with Crippen molar-refractivity contribution in [1.29, 1.82) is 0 Å². The first-order valence-electron chi connectivity index (χ1n) is 5.10. The maximum Gasteiger partial charge on any atom is 0.159 e. The van der Waals surface area contributed by atoms with Gasteiger partial charge in [-0.2, -0.15) is 0 Å². The first-order chi connectivity index (χ1) is 6.88. The van der Waals surface area contributed by atoms with Crippen molar-refractivity contribution in [2.75, 3.05) is 0 Å². The fourth-order valence-electron chi connectivity index (χ4n) is 0.964. The predicted octanol–water partition coefficient (Wildman–Crippen LogP) is 3.02. The van der Waals surface area contributed by atoms with E-state index in [0.29, 0.717) is 0 Å². The lowest BCUT2D eigenvalue weighted by Crippen LogP contribution is -1.85. The van der Waals surface area contributed by atoms with E-state index >= 15 is 0 Å². The van der Waals surface area contributed by atoms with Crippen LogP contribution in [0.3, 0.4) is 0 Å². The van der Waals surface area contributed by atoms with Crippen molar-refractivity contribution in [2.45, 2.75) is 27.7 Å². The van der Waals surface area contributed by atoms with E-state index in [-0.39, 0.29) is 0 Å². The molecule has 2 aromatic rings. The van der Waals surface area contributed by atoms with Crippen molar-refractivity contribution in [3.63, 3.8) is 0 Å². The second-order valence-corrected chi connectivity index (χ2v) is 2.20. The van der Waals surface area contributed by atoms with Crippen molar-refractivity contribution in [1.82, 2.24) is 14.5 Å². The fraction of sp³-hybridized carbons (Fsp3) is 0.455. The first kappa shape index (κ1) is 12.6. The molecule has 3 heteroatoms. The standard InChI is InChI=1S/C7H7N3.2C2H6/c1-10-5-9-6-3-2-4-8-7(6)10;2*1-2/h2-5H,1H3;2*1-2H3. The zero-order valence-electron chi connectivity index (χ0n) is 9.65. The van der Waals surface area contributed by atoms with Crippen LogP contribution in [0.25, 0.3) is 11.2 Å². The molecule has 0 aliphatic rings. The Morgan fingerprint density at radius 1 is 1.07 bits per heavy atom. The lowest BCUT2D eigenvalue weighted by atomic mass is 10.4. The summed E-state index contributed by atoms with van der Waals surface area (Å²) in [7, 11) is 1.93. The number of pyridine rings is 1. The summed E-state index contributed by atoms with van der Waals surface area (Å²) in [5.74, 6) is 0. The Morgan fingerprint density at radius 3 is 2.29 bits per heavy atom. The van der Waals surface area contributed by atoms with Crippen LogP contribution in [0.15, 0.2) is 24.7 Å². The summed E-state index contributed by atoms with van der Waals surface area (Å²) in [6.45, 7) is 8.00. The molecular formula is C11H19N3. The van der Waals surface area contributed by atoms with Gasteiger partial charge in [0, 0.05) is 13.2 Å². The van der Waals surface area contributed by atoms with Crippen LogP contribution >= 0.6 is 0 Å². The number of hydrogen-bond acceptors (Lipinski definition) is 2. The molecule has 0 radical (unpaired) electrons. The summed E-state index contributed by atoms with van der Waals surface area (Å²) in [6.07, 6.45) is 3.53. The van der Waals surface area contributed by atoms with E-state index in [1.807, 2.05) is 51.4 Å². The predicted molar refractivity (Wildman–Crippen MR) is 61.2 cm³/mol.